The Bertz CT molecular complexity index is 1840. The molecule has 0 aliphatic carbocycles. The molecule has 2 heterocycles. The number of amides is 1. The van der Waals surface area contributed by atoms with Crippen LogP contribution in [0.15, 0.2) is 60.7 Å². The maximum absolute atomic E-state index is 13.8. The highest BCUT2D eigenvalue weighted by Gasteiger charge is 2.35. The van der Waals surface area contributed by atoms with E-state index in [0.717, 1.165) is 68.0 Å². The van der Waals surface area contributed by atoms with Gasteiger partial charge in [-0.1, -0.05) is 42.3 Å². The number of carboxylic acid groups (broad SMARTS) is 2. The van der Waals surface area contributed by atoms with E-state index in [4.69, 9.17) is 9.90 Å². The van der Waals surface area contributed by atoms with Crippen molar-refractivity contribution in [3.8, 4) is 11.3 Å². The summed E-state index contributed by atoms with van der Waals surface area (Å²) in [4.78, 5) is 41.8. The van der Waals surface area contributed by atoms with Gasteiger partial charge in [-0.15, -0.1) is 0 Å². The Labute approximate surface area is 296 Å². The number of carbonyl (C=O) groups is 3. The smallest absolute Gasteiger partial charge is 0.430 e. The van der Waals surface area contributed by atoms with E-state index in [9.17, 15) is 27.9 Å². The number of carbonyl (C=O) groups excluding carboxylic acids is 2. The van der Waals surface area contributed by atoms with Crippen LogP contribution in [-0.4, -0.2) is 90.2 Å². The number of aromatic nitrogens is 1. The number of quaternary nitrogens is 1. The number of hydrogen-bond acceptors (Lipinski definition) is 5. The number of halogens is 3. The quantitative estimate of drug-likeness (QED) is 0.209. The number of fused-ring (bicyclic) bond motifs is 1. The predicted octanol–water partition coefficient (Wildman–Crippen LogP) is 4.41. The highest BCUT2D eigenvalue weighted by atomic mass is 19.4. The molecule has 0 radical (unpaired) electrons. The van der Waals surface area contributed by atoms with Crippen LogP contribution in [0.25, 0.3) is 22.2 Å². The highest BCUT2D eigenvalue weighted by molar-refractivity contribution is 5.94. The molecule has 1 aliphatic heterocycles. The average molecular weight is 709 g/mol. The minimum atomic E-state index is -5.19. The number of piperazine rings is 1. The second kappa shape index (κ2) is 16.1. The molecule has 1 atom stereocenters. The number of nitrogens with two attached hydrogens (primary N) is 1. The second-order valence-corrected chi connectivity index (χ2v) is 14.0. The van der Waals surface area contributed by atoms with Crippen LogP contribution in [0.2, 0.25) is 0 Å². The topological polar surface area (TPSA) is 133 Å². The summed E-state index contributed by atoms with van der Waals surface area (Å²) >= 11 is 0. The number of H-pyrrole nitrogens is 1. The summed E-state index contributed by atoms with van der Waals surface area (Å²) in [6.45, 7) is 15.9. The van der Waals surface area contributed by atoms with Gasteiger partial charge in [0.15, 0.2) is 0 Å². The van der Waals surface area contributed by atoms with Gasteiger partial charge in [-0.3, -0.25) is 4.79 Å². The molecule has 1 aromatic heterocycles. The van der Waals surface area contributed by atoms with Crippen molar-refractivity contribution in [3.63, 3.8) is 0 Å². The van der Waals surface area contributed by atoms with E-state index in [1.165, 1.54) is 27.6 Å². The summed E-state index contributed by atoms with van der Waals surface area (Å²) in [6, 6.07) is 20.4. The van der Waals surface area contributed by atoms with Gasteiger partial charge < -0.3 is 35.1 Å². The molecule has 0 saturated carbocycles. The van der Waals surface area contributed by atoms with E-state index in [0.29, 0.717) is 5.56 Å². The van der Waals surface area contributed by atoms with Crippen molar-refractivity contribution in [2.75, 3.05) is 46.3 Å². The molecule has 3 aromatic carbocycles. The molecule has 1 amide bonds. The number of hydrogen-bond donors (Lipinski definition) is 3. The van der Waals surface area contributed by atoms with Gasteiger partial charge in [0.05, 0.1) is 29.8 Å². The molecule has 51 heavy (non-hydrogen) atoms. The Hall–Kier alpha value is -4.68. The minimum absolute atomic E-state index is 0.189. The summed E-state index contributed by atoms with van der Waals surface area (Å²) in [5, 5.41) is 21.5. The second-order valence-electron chi connectivity index (χ2n) is 14.0. The first-order chi connectivity index (χ1) is 23.9. The van der Waals surface area contributed by atoms with Crippen molar-refractivity contribution in [2.45, 2.75) is 58.5 Å². The summed E-state index contributed by atoms with van der Waals surface area (Å²) in [5.41, 5.74) is 9.05. The van der Waals surface area contributed by atoms with E-state index in [-0.39, 0.29) is 11.8 Å². The molecule has 4 N–H and O–H groups in total. The third-order valence-electron chi connectivity index (χ3n) is 9.48. The Balaban J connectivity index is 0.000000755. The maximum atomic E-state index is 13.8. The summed E-state index contributed by atoms with van der Waals surface area (Å²) in [7, 11) is 2.11. The Morgan fingerprint density at radius 3 is 2.08 bits per heavy atom. The minimum Gasteiger partial charge on any atom is -0.542 e. The lowest BCUT2D eigenvalue weighted by Gasteiger charge is -2.37. The molecule has 9 nitrogen and oxygen atoms in total. The number of aromatic carboxylic acids is 1. The number of aliphatic carboxylic acids is 1. The molecule has 4 aromatic rings. The summed E-state index contributed by atoms with van der Waals surface area (Å²) < 4.78 is 31.5. The van der Waals surface area contributed by atoms with E-state index in [1.54, 1.807) is 12.1 Å². The van der Waals surface area contributed by atoms with E-state index in [2.05, 4.69) is 93.3 Å². The average Bonchev–Trinajstić information content (AvgIpc) is 3.45. The first-order valence-electron chi connectivity index (χ1n) is 17.0. The largest absolute Gasteiger partial charge is 0.542 e. The fourth-order valence-electron chi connectivity index (χ4n) is 6.56. The van der Waals surface area contributed by atoms with Crippen molar-refractivity contribution in [2.24, 2.45) is 0 Å². The zero-order chi connectivity index (χ0) is 37.7. The van der Waals surface area contributed by atoms with Crippen LogP contribution < -0.4 is 10.4 Å². The van der Waals surface area contributed by atoms with Gasteiger partial charge in [0.1, 0.15) is 5.97 Å². The number of nitrogens with one attached hydrogen (secondary N) is 1. The van der Waals surface area contributed by atoms with Crippen LogP contribution in [-0.2, 0) is 21.4 Å². The van der Waals surface area contributed by atoms with Gasteiger partial charge >= 0.3 is 12.1 Å². The van der Waals surface area contributed by atoms with Gasteiger partial charge in [0, 0.05) is 49.4 Å². The Morgan fingerprint density at radius 2 is 1.53 bits per heavy atom. The van der Waals surface area contributed by atoms with Crippen molar-refractivity contribution >= 4 is 28.7 Å². The molecular formula is C39H47F3N4O5. The van der Waals surface area contributed by atoms with Crippen molar-refractivity contribution in [1.29, 1.82) is 0 Å². The molecule has 0 unspecified atom stereocenters. The zero-order valence-corrected chi connectivity index (χ0v) is 30.0. The Kier molecular flexibility index (Phi) is 12.4. The molecule has 1 saturated heterocycles. The van der Waals surface area contributed by atoms with Gasteiger partial charge in [-0.05, 0) is 93.4 Å². The van der Waals surface area contributed by atoms with Gasteiger partial charge in [-0.25, -0.2) is 4.79 Å². The monoisotopic (exact) mass is 708 g/mol. The molecule has 5 rings (SSSR count). The molecule has 0 spiro atoms. The van der Waals surface area contributed by atoms with Crippen molar-refractivity contribution < 1.29 is 43.1 Å². The number of rotatable bonds is 10. The first-order valence-corrected chi connectivity index (χ1v) is 17.0. The van der Waals surface area contributed by atoms with Crippen LogP contribution in [0.3, 0.4) is 0 Å². The number of aromatic amines is 1. The number of aryl methyl sites for hydroxylation is 2. The fraction of sp³-hybridized carbons (Fsp3) is 0.410. The van der Waals surface area contributed by atoms with Crippen LogP contribution in [0.4, 0.5) is 13.2 Å². The number of nitrogens with zero attached hydrogens (tertiary/aromatic N) is 2. The number of likely N-dealkylation sites (N-methyl/N-ethyl adjacent to an activating group) is 1. The number of benzene rings is 3. The number of alkyl halides is 3. The molecule has 1 aliphatic rings. The fourth-order valence-corrected chi connectivity index (χ4v) is 6.56. The van der Waals surface area contributed by atoms with Gasteiger partial charge in [-0.2, -0.15) is 13.2 Å². The SMILES string of the molecule is Cc1cc(C)cc(-c2[nH]c3ccc(C(C)(C)C(=O)N4CCN(C)CC4)cc3c2[C@H](C)C[NH2+]CCc2ccc(C(=O)O)cc2)c1.O=C([O-])C(F)(F)F. The van der Waals surface area contributed by atoms with Crippen LogP contribution in [0, 0.1) is 13.8 Å². The molecule has 0 bridgehead atoms. The lowest BCUT2D eigenvalue weighted by molar-refractivity contribution is -0.656. The van der Waals surface area contributed by atoms with E-state index >= 15 is 0 Å². The van der Waals surface area contributed by atoms with Gasteiger partial charge in [0.25, 0.3) is 0 Å². The molecule has 12 heteroatoms. The number of carboxylic acids is 2. The molecular weight excluding hydrogens is 661 g/mol. The molecule has 274 valence electrons. The lowest BCUT2D eigenvalue weighted by Crippen LogP contribution is -2.85. The summed E-state index contributed by atoms with van der Waals surface area (Å²) in [5.74, 6) is -3.46. The third-order valence-corrected chi connectivity index (χ3v) is 9.48. The lowest BCUT2D eigenvalue weighted by atomic mass is 9.81. The van der Waals surface area contributed by atoms with Crippen LogP contribution in [0.1, 0.15) is 64.9 Å². The zero-order valence-electron chi connectivity index (χ0n) is 30.0. The summed E-state index contributed by atoms with van der Waals surface area (Å²) in [6.07, 6.45) is -4.32. The normalized spacial score (nSPS) is 14.6. The highest BCUT2D eigenvalue weighted by Crippen LogP contribution is 2.38. The standard InChI is InChI=1S/C37H46N4O3.C2HF3O2/c1-24-19-25(2)21-29(20-24)34-33(26(3)23-38-14-13-27-7-9-28(10-8-27)35(42)43)31-22-30(11-12-32(31)39-34)37(4,5)36(44)41-17-15-40(6)16-18-41;3-2(4,5)1(6)7/h7-12,19-22,26,38-39H,13-18,23H2,1-6H3,(H,42,43);(H,6,7)/t26-;/m1./s1. The van der Waals surface area contributed by atoms with Crippen LogP contribution >= 0.6 is 0 Å². The van der Waals surface area contributed by atoms with E-state index < -0.39 is 23.5 Å². The van der Waals surface area contributed by atoms with Crippen molar-refractivity contribution in [3.05, 3.63) is 94.0 Å². The van der Waals surface area contributed by atoms with Crippen LogP contribution in [0.5, 0.6) is 0 Å². The Morgan fingerprint density at radius 1 is 0.941 bits per heavy atom. The van der Waals surface area contributed by atoms with E-state index in [1.807, 2.05) is 17.0 Å². The van der Waals surface area contributed by atoms with Crippen molar-refractivity contribution in [1.82, 2.24) is 14.8 Å². The van der Waals surface area contributed by atoms with Gasteiger partial charge in [0.2, 0.25) is 5.91 Å². The predicted molar refractivity (Wildman–Crippen MR) is 189 cm³/mol. The first kappa shape index (κ1) is 39.1. The molecule has 1 fully saturated rings. The third kappa shape index (κ3) is 9.77. The maximum Gasteiger partial charge on any atom is 0.430 e.